The van der Waals surface area contributed by atoms with Crippen LogP contribution in [-0.4, -0.2) is 61.0 Å². The van der Waals surface area contributed by atoms with Gasteiger partial charge in [-0.2, -0.15) is 0 Å². The summed E-state index contributed by atoms with van der Waals surface area (Å²) < 4.78 is 26.9. The molecule has 3 aromatic rings. The number of amides is 2. The summed E-state index contributed by atoms with van der Waals surface area (Å²) in [5.74, 6) is -0.515. The van der Waals surface area contributed by atoms with Crippen molar-refractivity contribution >= 4 is 32.7 Å². The van der Waals surface area contributed by atoms with Crippen molar-refractivity contribution in [3.8, 4) is 0 Å². The zero-order valence-corrected chi connectivity index (χ0v) is 23.5. The topological polar surface area (TPSA) is 137 Å². The second kappa shape index (κ2) is 10.1. The van der Waals surface area contributed by atoms with Gasteiger partial charge in [-0.25, -0.2) is 13.1 Å². The number of nitrogens with two attached hydrogens (primary N) is 1. The molecule has 1 saturated heterocycles. The van der Waals surface area contributed by atoms with E-state index in [1.165, 1.54) is 6.26 Å². The van der Waals surface area contributed by atoms with Gasteiger partial charge >= 0.3 is 0 Å². The lowest BCUT2D eigenvalue weighted by Gasteiger charge is -2.41. The zero-order valence-electron chi connectivity index (χ0n) is 22.7. The van der Waals surface area contributed by atoms with E-state index in [2.05, 4.69) is 21.1 Å². The molecule has 2 aromatic carbocycles. The van der Waals surface area contributed by atoms with Gasteiger partial charge in [-0.3, -0.25) is 9.59 Å². The number of rotatable bonds is 7. The standard InChI is InChI=1S/C29H37N5O4S/c1-28(2,30)27(36)32-24(16-19-18-31-23-11-7-5-8-20(19)23)26(35)34-14-12-29(13-15-34)17-25(33-39(3,37)38)21-9-4-6-10-22(21)29/h4-11,18,24-25,31,33H,12-17,30H2,1-3H3,(H,32,36)/t24-,25?/m1/s1. The molecular weight excluding hydrogens is 514 g/mol. The smallest absolute Gasteiger partial charge is 0.245 e. The Morgan fingerprint density at radius 2 is 1.79 bits per heavy atom. The van der Waals surface area contributed by atoms with Gasteiger partial charge in [-0.1, -0.05) is 42.5 Å². The van der Waals surface area contributed by atoms with Crippen molar-refractivity contribution in [3.63, 3.8) is 0 Å². The van der Waals surface area contributed by atoms with Gasteiger partial charge in [0.25, 0.3) is 0 Å². The van der Waals surface area contributed by atoms with Crippen LogP contribution in [0.2, 0.25) is 0 Å². The molecule has 0 bridgehead atoms. The van der Waals surface area contributed by atoms with E-state index in [0.29, 0.717) is 38.8 Å². The number of nitrogens with one attached hydrogen (secondary N) is 3. The third-order valence-electron chi connectivity index (χ3n) is 8.18. The predicted molar refractivity (Wildman–Crippen MR) is 151 cm³/mol. The molecular formula is C29H37N5O4S. The third kappa shape index (κ3) is 5.59. The minimum absolute atomic E-state index is 0.134. The van der Waals surface area contributed by atoms with Gasteiger partial charge in [0.1, 0.15) is 6.04 Å². The molecule has 9 nitrogen and oxygen atoms in total. The first-order chi connectivity index (χ1) is 18.4. The Balaban J connectivity index is 1.36. The summed E-state index contributed by atoms with van der Waals surface area (Å²) in [6, 6.07) is 14.8. The third-order valence-corrected chi connectivity index (χ3v) is 8.89. The molecule has 10 heteroatoms. The van der Waals surface area contributed by atoms with Crippen molar-refractivity contribution in [1.29, 1.82) is 0 Å². The van der Waals surface area contributed by atoms with Gasteiger partial charge in [0.15, 0.2) is 0 Å². The SMILES string of the molecule is CC(C)(N)C(=O)N[C@H](Cc1c[nH]c2ccccc12)C(=O)N1CCC2(CC1)CC(NS(C)(=O)=O)c1ccccc12. The number of H-pyrrole nitrogens is 1. The summed E-state index contributed by atoms with van der Waals surface area (Å²) in [5, 5.41) is 3.94. The summed E-state index contributed by atoms with van der Waals surface area (Å²) in [4.78, 5) is 31.8. The Kier molecular flexibility index (Phi) is 7.07. The van der Waals surface area contributed by atoms with Crippen molar-refractivity contribution in [2.75, 3.05) is 19.3 Å². The molecule has 39 heavy (non-hydrogen) atoms. The minimum atomic E-state index is -3.37. The molecule has 1 aliphatic heterocycles. The van der Waals surface area contributed by atoms with E-state index < -0.39 is 21.6 Å². The van der Waals surface area contributed by atoms with Crippen LogP contribution in [0.15, 0.2) is 54.7 Å². The fourth-order valence-electron chi connectivity index (χ4n) is 6.17. The molecule has 1 spiro atoms. The molecule has 0 radical (unpaired) electrons. The molecule has 2 heterocycles. The Bertz CT molecular complexity index is 1500. The molecule has 1 unspecified atom stereocenters. The molecule has 1 aromatic heterocycles. The van der Waals surface area contributed by atoms with Crippen molar-refractivity contribution in [3.05, 3.63) is 71.4 Å². The molecule has 1 aliphatic carbocycles. The normalized spacial score (nSPS) is 19.7. The predicted octanol–water partition coefficient (Wildman–Crippen LogP) is 2.49. The largest absolute Gasteiger partial charge is 0.361 e. The van der Waals surface area contributed by atoms with Crippen molar-refractivity contribution in [1.82, 2.24) is 19.9 Å². The Morgan fingerprint density at radius 1 is 1.13 bits per heavy atom. The quantitative estimate of drug-likeness (QED) is 0.358. The van der Waals surface area contributed by atoms with Gasteiger partial charge in [0.2, 0.25) is 21.8 Å². The maximum absolute atomic E-state index is 13.9. The van der Waals surface area contributed by atoms with E-state index in [0.717, 1.165) is 27.6 Å². The molecule has 1 fully saturated rings. The number of likely N-dealkylation sites (tertiary alicyclic amines) is 1. The molecule has 2 atom stereocenters. The van der Waals surface area contributed by atoms with Crippen molar-refractivity contribution < 1.29 is 18.0 Å². The number of aromatic amines is 1. The van der Waals surface area contributed by atoms with Crippen LogP contribution in [0.5, 0.6) is 0 Å². The zero-order chi connectivity index (χ0) is 28.0. The number of carbonyl (C=O) groups excluding carboxylic acids is 2. The van der Waals surface area contributed by atoms with Crippen LogP contribution >= 0.6 is 0 Å². The highest BCUT2D eigenvalue weighted by Gasteiger charge is 2.47. The number of aromatic nitrogens is 1. The number of para-hydroxylation sites is 1. The van der Waals surface area contributed by atoms with E-state index in [4.69, 9.17) is 5.73 Å². The first-order valence-electron chi connectivity index (χ1n) is 13.4. The van der Waals surface area contributed by atoms with Crippen LogP contribution in [0.3, 0.4) is 0 Å². The Labute approximate surface area is 229 Å². The first-order valence-corrected chi connectivity index (χ1v) is 15.3. The summed E-state index contributed by atoms with van der Waals surface area (Å²) >= 11 is 0. The Hall–Kier alpha value is -3.21. The number of piperidine rings is 1. The lowest BCUT2D eigenvalue weighted by Crippen LogP contribution is -2.58. The number of hydrogen-bond acceptors (Lipinski definition) is 5. The molecule has 208 valence electrons. The van der Waals surface area contributed by atoms with Crippen molar-refractivity contribution in [2.24, 2.45) is 5.73 Å². The van der Waals surface area contributed by atoms with Crippen LogP contribution in [0.25, 0.3) is 10.9 Å². The Morgan fingerprint density at radius 3 is 2.49 bits per heavy atom. The first kappa shape index (κ1) is 27.4. The van der Waals surface area contributed by atoms with Crippen LogP contribution in [0, 0.1) is 0 Å². The van der Waals surface area contributed by atoms with Gasteiger partial charge in [-0.15, -0.1) is 0 Å². The highest BCUT2D eigenvalue weighted by molar-refractivity contribution is 7.88. The maximum Gasteiger partial charge on any atom is 0.245 e. The number of benzene rings is 2. The molecule has 0 saturated carbocycles. The lowest BCUT2D eigenvalue weighted by atomic mass is 9.73. The van der Waals surface area contributed by atoms with E-state index >= 15 is 0 Å². The van der Waals surface area contributed by atoms with E-state index in [9.17, 15) is 18.0 Å². The second-order valence-electron chi connectivity index (χ2n) is 11.7. The monoisotopic (exact) mass is 551 g/mol. The molecule has 5 N–H and O–H groups in total. The fraction of sp³-hybridized carbons (Fsp3) is 0.448. The maximum atomic E-state index is 13.9. The fourth-order valence-corrected chi connectivity index (χ4v) is 6.90. The summed E-state index contributed by atoms with van der Waals surface area (Å²) in [7, 11) is -3.37. The van der Waals surface area contributed by atoms with Gasteiger partial charge in [-0.05, 0) is 55.9 Å². The summed E-state index contributed by atoms with van der Waals surface area (Å²) in [5.41, 5.74) is 8.82. The van der Waals surface area contributed by atoms with Crippen LogP contribution in [0.4, 0.5) is 0 Å². The number of nitrogens with zero attached hydrogens (tertiary/aromatic N) is 1. The van der Waals surface area contributed by atoms with Crippen LogP contribution in [0.1, 0.15) is 55.8 Å². The van der Waals surface area contributed by atoms with Crippen LogP contribution < -0.4 is 15.8 Å². The number of hydrogen-bond donors (Lipinski definition) is 4. The van der Waals surface area contributed by atoms with Gasteiger partial charge in [0, 0.05) is 48.1 Å². The highest BCUT2D eigenvalue weighted by atomic mass is 32.2. The van der Waals surface area contributed by atoms with Crippen molar-refractivity contribution in [2.45, 2.75) is 62.6 Å². The average Bonchev–Trinajstić information content (AvgIpc) is 3.41. The average molecular weight is 552 g/mol. The number of fused-ring (bicyclic) bond motifs is 3. The van der Waals surface area contributed by atoms with E-state index in [1.54, 1.807) is 13.8 Å². The summed E-state index contributed by atoms with van der Waals surface area (Å²) in [6.45, 7) is 4.29. The molecule has 5 rings (SSSR count). The minimum Gasteiger partial charge on any atom is -0.361 e. The van der Waals surface area contributed by atoms with Gasteiger partial charge < -0.3 is 20.9 Å². The van der Waals surface area contributed by atoms with E-state index in [-0.39, 0.29) is 23.3 Å². The highest BCUT2D eigenvalue weighted by Crippen LogP contribution is 2.51. The molecule has 2 amide bonds. The second-order valence-corrected chi connectivity index (χ2v) is 13.4. The number of sulfonamides is 1. The lowest BCUT2D eigenvalue weighted by molar-refractivity contribution is -0.138. The molecule has 2 aliphatic rings. The number of carbonyl (C=O) groups is 2. The van der Waals surface area contributed by atoms with E-state index in [1.807, 2.05) is 53.6 Å². The summed E-state index contributed by atoms with van der Waals surface area (Å²) in [6.07, 6.45) is 5.52. The van der Waals surface area contributed by atoms with Crippen LogP contribution in [-0.2, 0) is 31.4 Å². The van der Waals surface area contributed by atoms with Gasteiger partial charge in [0.05, 0.1) is 11.8 Å².